The Morgan fingerprint density at radius 1 is 1.31 bits per heavy atom. The van der Waals surface area contributed by atoms with Gasteiger partial charge in [-0.3, -0.25) is 19.0 Å². The number of ether oxygens (including phenoxy) is 1. The summed E-state index contributed by atoms with van der Waals surface area (Å²) >= 11 is 1.48. The highest BCUT2D eigenvalue weighted by molar-refractivity contribution is 7.18. The molecule has 0 saturated heterocycles. The first-order chi connectivity index (χ1) is 12.5. The van der Waals surface area contributed by atoms with Gasteiger partial charge in [0.25, 0.3) is 5.56 Å². The SMILES string of the molecule is CCCn1cnc2sc3c(c2c1=O)CCN(C(=O)CCC(=O)OCC)C3. The van der Waals surface area contributed by atoms with Gasteiger partial charge in [-0.05, 0) is 25.3 Å². The second kappa shape index (κ2) is 7.99. The molecule has 3 rings (SSSR count). The summed E-state index contributed by atoms with van der Waals surface area (Å²) in [5.74, 6) is -0.404. The van der Waals surface area contributed by atoms with Gasteiger partial charge in [0, 0.05) is 24.4 Å². The van der Waals surface area contributed by atoms with Crippen molar-refractivity contribution < 1.29 is 14.3 Å². The number of carbonyl (C=O) groups excluding carboxylic acids is 2. The van der Waals surface area contributed by atoms with E-state index in [0.29, 0.717) is 38.0 Å². The maximum absolute atomic E-state index is 12.7. The minimum atomic E-state index is -0.346. The highest BCUT2D eigenvalue weighted by atomic mass is 32.1. The molecular weight excluding hydrogens is 354 g/mol. The lowest BCUT2D eigenvalue weighted by Gasteiger charge is -2.27. The lowest BCUT2D eigenvalue weighted by molar-refractivity contribution is -0.145. The first-order valence-corrected chi connectivity index (χ1v) is 9.79. The van der Waals surface area contributed by atoms with Gasteiger partial charge in [0.15, 0.2) is 0 Å². The number of hydrogen-bond acceptors (Lipinski definition) is 6. The van der Waals surface area contributed by atoms with Crippen molar-refractivity contribution in [3.05, 3.63) is 27.1 Å². The number of fused-ring (bicyclic) bond motifs is 3. The van der Waals surface area contributed by atoms with E-state index in [9.17, 15) is 14.4 Å². The van der Waals surface area contributed by atoms with Gasteiger partial charge in [-0.1, -0.05) is 6.92 Å². The summed E-state index contributed by atoms with van der Waals surface area (Å²) in [6, 6.07) is 0. The molecule has 7 nitrogen and oxygen atoms in total. The molecule has 1 aliphatic heterocycles. The molecule has 8 heteroatoms. The van der Waals surface area contributed by atoms with Crippen molar-refractivity contribution >= 4 is 33.4 Å². The molecule has 0 aromatic carbocycles. The maximum Gasteiger partial charge on any atom is 0.306 e. The van der Waals surface area contributed by atoms with E-state index in [1.165, 1.54) is 11.3 Å². The fraction of sp³-hybridized carbons (Fsp3) is 0.556. The fourth-order valence-electron chi connectivity index (χ4n) is 3.23. The van der Waals surface area contributed by atoms with Crippen LogP contribution in [-0.2, 0) is 33.8 Å². The lowest BCUT2D eigenvalue weighted by atomic mass is 10.0. The van der Waals surface area contributed by atoms with Crippen molar-refractivity contribution in [3.8, 4) is 0 Å². The van der Waals surface area contributed by atoms with Gasteiger partial charge < -0.3 is 9.64 Å². The van der Waals surface area contributed by atoms with E-state index >= 15 is 0 Å². The van der Waals surface area contributed by atoms with Gasteiger partial charge in [-0.2, -0.15) is 0 Å². The van der Waals surface area contributed by atoms with Crippen LogP contribution in [0.3, 0.4) is 0 Å². The molecule has 0 fully saturated rings. The molecule has 26 heavy (non-hydrogen) atoms. The molecular formula is C18H23N3O4S. The van der Waals surface area contributed by atoms with Crippen LogP contribution in [0.1, 0.15) is 43.6 Å². The number of carbonyl (C=O) groups is 2. The molecule has 2 aromatic rings. The first-order valence-electron chi connectivity index (χ1n) is 8.98. The molecule has 3 heterocycles. The average molecular weight is 377 g/mol. The van der Waals surface area contributed by atoms with E-state index in [1.54, 1.807) is 22.7 Å². The number of nitrogens with zero attached hydrogens (tertiary/aromatic N) is 3. The van der Waals surface area contributed by atoms with Gasteiger partial charge in [-0.15, -0.1) is 11.3 Å². The molecule has 0 saturated carbocycles. The third kappa shape index (κ3) is 3.65. The highest BCUT2D eigenvalue weighted by Crippen LogP contribution is 2.32. The Morgan fingerprint density at radius 2 is 2.12 bits per heavy atom. The molecule has 0 N–H and O–H groups in total. The van der Waals surface area contributed by atoms with E-state index in [0.717, 1.165) is 21.7 Å². The van der Waals surface area contributed by atoms with Crippen LogP contribution in [-0.4, -0.2) is 39.5 Å². The summed E-state index contributed by atoms with van der Waals surface area (Å²) in [6.45, 7) is 5.79. The number of aromatic nitrogens is 2. The molecule has 0 bridgehead atoms. The van der Waals surface area contributed by atoms with Crippen molar-refractivity contribution in [2.75, 3.05) is 13.2 Å². The van der Waals surface area contributed by atoms with Crippen molar-refractivity contribution in [2.45, 2.75) is 52.6 Å². The Balaban J connectivity index is 1.77. The Hall–Kier alpha value is -2.22. The average Bonchev–Trinajstić information content (AvgIpc) is 3.00. The topological polar surface area (TPSA) is 81.5 Å². The number of hydrogen-bond donors (Lipinski definition) is 0. The smallest absolute Gasteiger partial charge is 0.306 e. The molecule has 0 unspecified atom stereocenters. The third-order valence-electron chi connectivity index (χ3n) is 4.49. The number of esters is 1. The van der Waals surface area contributed by atoms with Crippen LogP contribution in [0, 0.1) is 0 Å². The van der Waals surface area contributed by atoms with Crippen molar-refractivity contribution in [3.63, 3.8) is 0 Å². The molecule has 1 aliphatic rings. The number of aryl methyl sites for hydroxylation is 1. The Labute approximate surface area is 155 Å². The van der Waals surface area contributed by atoms with Crippen LogP contribution in [0.15, 0.2) is 11.1 Å². The van der Waals surface area contributed by atoms with E-state index in [1.807, 2.05) is 6.92 Å². The van der Waals surface area contributed by atoms with E-state index in [-0.39, 0.29) is 30.3 Å². The monoisotopic (exact) mass is 377 g/mol. The minimum absolute atomic E-state index is 0.0106. The van der Waals surface area contributed by atoms with E-state index < -0.39 is 0 Å². The largest absolute Gasteiger partial charge is 0.466 e. The molecule has 0 atom stereocenters. The van der Waals surface area contributed by atoms with Crippen LogP contribution in [0.4, 0.5) is 0 Å². The quantitative estimate of drug-likeness (QED) is 0.720. The Morgan fingerprint density at radius 3 is 2.85 bits per heavy atom. The summed E-state index contributed by atoms with van der Waals surface area (Å²) in [5, 5.41) is 0.708. The summed E-state index contributed by atoms with van der Waals surface area (Å²) in [7, 11) is 0. The zero-order valence-corrected chi connectivity index (χ0v) is 15.9. The minimum Gasteiger partial charge on any atom is -0.466 e. The second-order valence-corrected chi connectivity index (χ2v) is 7.38. The van der Waals surface area contributed by atoms with Gasteiger partial charge in [0.1, 0.15) is 4.83 Å². The van der Waals surface area contributed by atoms with Gasteiger partial charge in [0.2, 0.25) is 5.91 Å². The zero-order valence-electron chi connectivity index (χ0n) is 15.1. The number of thiophene rings is 1. The van der Waals surface area contributed by atoms with Crippen LogP contribution < -0.4 is 5.56 Å². The highest BCUT2D eigenvalue weighted by Gasteiger charge is 2.26. The molecule has 0 aliphatic carbocycles. The molecule has 0 radical (unpaired) electrons. The van der Waals surface area contributed by atoms with Crippen LogP contribution >= 0.6 is 11.3 Å². The Kier molecular flexibility index (Phi) is 5.70. The maximum atomic E-state index is 12.7. The van der Waals surface area contributed by atoms with Gasteiger partial charge in [-0.25, -0.2) is 4.98 Å². The van der Waals surface area contributed by atoms with E-state index in [2.05, 4.69) is 4.98 Å². The van der Waals surface area contributed by atoms with Crippen molar-refractivity contribution in [2.24, 2.45) is 0 Å². The summed E-state index contributed by atoms with van der Waals surface area (Å²) in [6.07, 6.45) is 3.39. The first kappa shape index (κ1) is 18.6. The van der Waals surface area contributed by atoms with Crippen LogP contribution in [0.2, 0.25) is 0 Å². The standard InChI is InChI=1S/C18H23N3O4S/c1-3-8-21-11-19-17-16(18(21)24)12-7-9-20(10-13(12)26-17)14(22)5-6-15(23)25-4-2/h11H,3-10H2,1-2H3. The normalized spacial score (nSPS) is 13.7. The number of amides is 1. The third-order valence-corrected chi connectivity index (χ3v) is 5.62. The Bertz CT molecular complexity index is 886. The number of rotatable bonds is 6. The predicted octanol–water partition coefficient (Wildman–Crippen LogP) is 2.10. The molecule has 1 amide bonds. The molecule has 0 spiro atoms. The van der Waals surface area contributed by atoms with Crippen molar-refractivity contribution in [1.29, 1.82) is 0 Å². The van der Waals surface area contributed by atoms with Crippen LogP contribution in [0.25, 0.3) is 10.2 Å². The molecule has 140 valence electrons. The van der Waals surface area contributed by atoms with Gasteiger partial charge in [0.05, 0.1) is 31.3 Å². The summed E-state index contributed by atoms with van der Waals surface area (Å²) in [4.78, 5) is 44.5. The summed E-state index contributed by atoms with van der Waals surface area (Å²) < 4.78 is 6.53. The van der Waals surface area contributed by atoms with Gasteiger partial charge >= 0.3 is 5.97 Å². The zero-order chi connectivity index (χ0) is 18.7. The predicted molar refractivity (Wildman–Crippen MR) is 99.2 cm³/mol. The van der Waals surface area contributed by atoms with E-state index in [4.69, 9.17) is 4.74 Å². The van der Waals surface area contributed by atoms with Crippen molar-refractivity contribution in [1.82, 2.24) is 14.5 Å². The second-order valence-electron chi connectivity index (χ2n) is 6.30. The molecule has 2 aromatic heterocycles. The summed E-state index contributed by atoms with van der Waals surface area (Å²) in [5.41, 5.74) is 1.04. The van der Waals surface area contributed by atoms with Crippen LogP contribution in [0.5, 0.6) is 0 Å². The lowest BCUT2D eigenvalue weighted by Crippen LogP contribution is -2.35. The fourth-order valence-corrected chi connectivity index (χ4v) is 4.43.